The molecule has 0 bridgehead atoms. The minimum absolute atomic E-state index is 0.0518. The zero-order valence-corrected chi connectivity index (χ0v) is 17.0. The van der Waals surface area contributed by atoms with E-state index in [1.54, 1.807) is 0 Å². The van der Waals surface area contributed by atoms with Crippen LogP contribution < -0.4 is 5.32 Å². The van der Waals surface area contributed by atoms with Crippen molar-refractivity contribution >= 4 is 27.8 Å². The zero-order valence-electron chi connectivity index (χ0n) is 17.0. The van der Waals surface area contributed by atoms with Gasteiger partial charge in [0.1, 0.15) is 5.65 Å². The number of carbonyl (C=O) groups excluding carboxylic acids is 1. The summed E-state index contributed by atoms with van der Waals surface area (Å²) in [6, 6.07) is 11.9. The normalized spacial score (nSPS) is 11.4. The van der Waals surface area contributed by atoms with Crippen LogP contribution in [0.25, 0.3) is 33.1 Å². The molecule has 0 aliphatic rings. The lowest BCUT2D eigenvalue weighted by Crippen LogP contribution is -2.31. The SMILES string of the molecule is CCc1cc2c(cn1)[nH]c1nccc(-c3ccc(C(=O)NCCN(C)C)cc3)c12. The van der Waals surface area contributed by atoms with E-state index in [2.05, 4.69) is 33.3 Å². The van der Waals surface area contributed by atoms with Gasteiger partial charge in [0.15, 0.2) is 0 Å². The first kappa shape index (κ1) is 19.1. The van der Waals surface area contributed by atoms with Crippen LogP contribution in [0.4, 0.5) is 0 Å². The van der Waals surface area contributed by atoms with E-state index in [9.17, 15) is 4.79 Å². The van der Waals surface area contributed by atoms with Crippen LogP contribution in [0, 0.1) is 0 Å². The van der Waals surface area contributed by atoms with Crippen LogP contribution in [-0.4, -0.2) is 52.9 Å². The Hall–Kier alpha value is -3.25. The lowest BCUT2D eigenvalue weighted by molar-refractivity contribution is 0.0951. The number of carbonyl (C=O) groups is 1. The number of H-pyrrole nitrogens is 1. The maximum Gasteiger partial charge on any atom is 0.251 e. The number of fused-ring (bicyclic) bond motifs is 3. The van der Waals surface area contributed by atoms with E-state index in [-0.39, 0.29) is 5.91 Å². The average Bonchev–Trinajstić information content (AvgIpc) is 3.11. The molecule has 3 aromatic heterocycles. The van der Waals surface area contributed by atoms with Gasteiger partial charge >= 0.3 is 0 Å². The highest BCUT2D eigenvalue weighted by atomic mass is 16.1. The summed E-state index contributed by atoms with van der Waals surface area (Å²) < 4.78 is 0. The summed E-state index contributed by atoms with van der Waals surface area (Å²) in [7, 11) is 3.97. The number of nitrogens with zero attached hydrogens (tertiary/aromatic N) is 3. The Labute approximate surface area is 170 Å². The fourth-order valence-electron chi connectivity index (χ4n) is 3.49. The second kappa shape index (κ2) is 8.01. The van der Waals surface area contributed by atoms with Crippen molar-refractivity contribution in [2.45, 2.75) is 13.3 Å². The Morgan fingerprint density at radius 3 is 2.66 bits per heavy atom. The molecule has 0 fully saturated rings. The molecule has 1 aromatic carbocycles. The van der Waals surface area contributed by atoms with Gasteiger partial charge in [0.25, 0.3) is 5.91 Å². The molecule has 0 unspecified atom stereocenters. The third-order valence-corrected chi connectivity index (χ3v) is 5.10. The Kier molecular flexibility index (Phi) is 5.27. The number of hydrogen-bond donors (Lipinski definition) is 2. The molecular formula is C23H25N5O. The third kappa shape index (κ3) is 3.84. The van der Waals surface area contributed by atoms with Crippen molar-refractivity contribution in [3.8, 4) is 11.1 Å². The Morgan fingerprint density at radius 2 is 1.93 bits per heavy atom. The Bertz CT molecular complexity index is 1160. The molecule has 148 valence electrons. The number of rotatable bonds is 6. The number of aromatic amines is 1. The molecule has 0 aliphatic carbocycles. The van der Waals surface area contributed by atoms with Crippen LogP contribution in [0.3, 0.4) is 0 Å². The number of nitrogens with one attached hydrogen (secondary N) is 2. The van der Waals surface area contributed by atoms with Crippen molar-refractivity contribution in [3.05, 3.63) is 60.0 Å². The third-order valence-electron chi connectivity index (χ3n) is 5.10. The van der Waals surface area contributed by atoms with Gasteiger partial charge in [-0.3, -0.25) is 9.78 Å². The molecule has 3 heterocycles. The smallest absolute Gasteiger partial charge is 0.251 e. The first-order valence-electron chi connectivity index (χ1n) is 9.85. The quantitative estimate of drug-likeness (QED) is 0.530. The van der Waals surface area contributed by atoms with Crippen LogP contribution in [0.5, 0.6) is 0 Å². The van der Waals surface area contributed by atoms with E-state index in [4.69, 9.17) is 0 Å². The largest absolute Gasteiger partial charge is 0.351 e. The fourth-order valence-corrected chi connectivity index (χ4v) is 3.49. The van der Waals surface area contributed by atoms with Gasteiger partial charge in [-0.05, 0) is 55.9 Å². The van der Waals surface area contributed by atoms with Gasteiger partial charge < -0.3 is 15.2 Å². The summed E-state index contributed by atoms with van der Waals surface area (Å²) >= 11 is 0. The Morgan fingerprint density at radius 1 is 1.14 bits per heavy atom. The number of aromatic nitrogens is 3. The van der Waals surface area contributed by atoms with Crippen LogP contribution >= 0.6 is 0 Å². The number of likely N-dealkylation sites (N-methyl/N-ethyl adjacent to an activating group) is 1. The van der Waals surface area contributed by atoms with Crippen molar-refractivity contribution in [2.75, 3.05) is 27.2 Å². The molecule has 29 heavy (non-hydrogen) atoms. The number of pyridine rings is 2. The molecule has 4 rings (SSSR count). The lowest BCUT2D eigenvalue weighted by Gasteiger charge is -2.11. The number of amides is 1. The summed E-state index contributed by atoms with van der Waals surface area (Å²) in [5, 5.41) is 5.16. The molecule has 1 amide bonds. The summed E-state index contributed by atoms with van der Waals surface area (Å²) in [6.07, 6.45) is 4.57. The summed E-state index contributed by atoms with van der Waals surface area (Å²) in [5.74, 6) is -0.0518. The molecule has 6 heteroatoms. The highest BCUT2D eigenvalue weighted by Crippen LogP contribution is 2.33. The predicted octanol–water partition coefficient (Wildman–Crippen LogP) is 3.63. The van der Waals surface area contributed by atoms with E-state index in [0.717, 1.165) is 51.7 Å². The first-order valence-corrected chi connectivity index (χ1v) is 9.85. The van der Waals surface area contributed by atoms with E-state index in [0.29, 0.717) is 12.1 Å². The van der Waals surface area contributed by atoms with E-state index in [1.165, 1.54) is 0 Å². The topological polar surface area (TPSA) is 73.9 Å². The highest BCUT2D eigenvalue weighted by molar-refractivity contribution is 6.12. The monoisotopic (exact) mass is 387 g/mol. The number of hydrogen-bond acceptors (Lipinski definition) is 4. The van der Waals surface area contributed by atoms with Gasteiger partial charge in [-0.25, -0.2) is 4.98 Å². The van der Waals surface area contributed by atoms with E-state index >= 15 is 0 Å². The van der Waals surface area contributed by atoms with E-state index < -0.39 is 0 Å². The summed E-state index contributed by atoms with van der Waals surface area (Å²) in [6.45, 7) is 3.54. The van der Waals surface area contributed by atoms with Gasteiger partial charge in [0.05, 0.1) is 11.7 Å². The van der Waals surface area contributed by atoms with Crippen LogP contribution in [0.15, 0.2) is 48.8 Å². The fraction of sp³-hybridized carbons (Fsp3) is 0.261. The lowest BCUT2D eigenvalue weighted by atomic mass is 10.00. The second-order valence-electron chi connectivity index (χ2n) is 7.42. The van der Waals surface area contributed by atoms with Gasteiger partial charge in [-0.15, -0.1) is 0 Å². The van der Waals surface area contributed by atoms with Crippen molar-refractivity contribution in [1.29, 1.82) is 0 Å². The standard InChI is InChI=1S/C23H25N5O/c1-4-17-13-19-20(14-26-17)27-22-21(19)18(9-10-24-22)15-5-7-16(8-6-15)23(29)25-11-12-28(2)3/h5-10,13-14H,4,11-12H2,1-3H3,(H,24,27)(H,25,29). The average molecular weight is 387 g/mol. The van der Waals surface area contributed by atoms with Crippen LogP contribution in [0.1, 0.15) is 23.0 Å². The predicted molar refractivity (Wildman–Crippen MR) is 117 cm³/mol. The van der Waals surface area contributed by atoms with Crippen molar-refractivity contribution in [2.24, 2.45) is 0 Å². The molecule has 0 radical (unpaired) electrons. The molecule has 4 aromatic rings. The number of aryl methyl sites for hydroxylation is 1. The maximum absolute atomic E-state index is 12.3. The van der Waals surface area contributed by atoms with Gasteiger partial charge in [-0.1, -0.05) is 19.1 Å². The molecule has 0 aliphatic heterocycles. The van der Waals surface area contributed by atoms with Crippen molar-refractivity contribution in [3.63, 3.8) is 0 Å². The van der Waals surface area contributed by atoms with Gasteiger partial charge in [0, 0.05) is 41.3 Å². The maximum atomic E-state index is 12.3. The molecule has 0 saturated carbocycles. The minimum atomic E-state index is -0.0518. The van der Waals surface area contributed by atoms with Crippen LogP contribution in [0.2, 0.25) is 0 Å². The molecule has 0 spiro atoms. The highest BCUT2D eigenvalue weighted by Gasteiger charge is 2.13. The summed E-state index contributed by atoms with van der Waals surface area (Å²) in [5.41, 5.74) is 5.69. The molecule has 6 nitrogen and oxygen atoms in total. The Balaban J connectivity index is 1.68. The molecule has 0 atom stereocenters. The number of benzene rings is 1. The second-order valence-corrected chi connectivity index (χ2v) is 7.42. The first-order chi connectivity index (χ1) is 14.1. The molecule has 0 saturated heterocycles. The van der Waals surface area contributed by atoms with Gasteiger partial charge in [-0.2, -0.15) is 0 Å². The molecule has 2 N–H and O–H groups in total. The minimum Gasteiger partial charge on any atom is -0.351 e. The van der Waals surface area contributed by atoms with E-state index in [1.807, 2.05) is 61.7 Å². The van der Waals surface area contributed by atoms with Crippen molar-refractivity contribution in [1.82, 2.24) is 25.2 Å². The van der Waals surface area contributed by atoms with Crippen molar-refractivity contribution < 1.29 is 4.79 Å². The van der Waals surface area contributed by atoms with Gasteiger partial charge in [0.2, 0.25) is 0 Å². The summed E-state index contributed by atoms with van der Waals surface area (Å²) in [4.78, 5) is 26.7. The molecular weight excluding hydrogens is 362 g/mol. The van der Waals surface area contributed by atoms with Crippen LogP contribution in [-0.2, 0) is 6.42 Å². The zero-order chi connectivity index (χ0) is 20.4.